The Labute approximate surface area is 155 Å². The van der Waals surface area contributed by atoms with Crippen molar-refractivity contribution >= 4 is 40.3 Å². The van der Waals surface area contributed by atoms with E-state index in [1.807, 2.05) is 0 Å². The van der Waals surface area contributed by atoms with E-state index in [-0.39, 0.29) is 11.3 Å². The van der Waals surface area contributed by atoms with Crippen LogP contribution in [0.3, 0.4) is 0 Å². The fourth-order valence-corrected chi connectivity index (χ4v) is 3.31. The molecule has 2 amide bonds. The zero-order chi connectivity index (χ0) is 19.8. The molecule has 1 fully saturated rings. The SMILES string of the molecule is O=C([O-])c1ccc(N[C@@H]2SC(=O)N(c3cccc(C(F)(F)F)c3)C2=O)cc1. The summed E-state index contributed by atoms with van der Waals surface area (Å²) in [5.74, 6) is -2.09. The van der Waals surface area contributed by atoms with Crippen molar-refractivity contribution in [2.75, 3.05) is 10.2 Å². The van der Waals surface area contributed by atoms with E-state index in [4.69, 9.17) is 0 Å². The molecule has 2 aromatic rings. The fourth-order valence-electron chi connectivity index (χ4n) is 2.41. The van der Waals surface area contributed by atoms with Crippen molar-refractivity contribution in [3.8, 4) is 0 Å². The summed E-state index contributed by atoms with van der Waals surface area (Å²) >= 11 is 0.612. The molecule has 140 valence electrons. The number of hydrogen-bond donors (Lipinski definition) is 1. The van der Waals surface area contributed by atoms with Crippen molar-refractivity contribution in [3.63, 3.8) is 0 Å². The molecule has 6 nitrogen and oxygen atoms in total. The molecule has 0 bridgehead atoms. The number of anilines is 2. The van der Waals surface area contributed by atoms with Gasteiger partial charge in [0, 0.05) is 5.69 Å². The number of imide groups is 1. The molecule has 1 aliphatic rings. The van der Waals surface area contributed by atoms with E-state index in [9.17, 15) is 32.7 Å². The molecule has 0 aromatic heterocycles. The van der Waals surface area contributed by atoms with Crippen LogP contribution in [0.5, 0.6) is 0 Å². The second kappa shape index (κ2) is 6.95. The van der Waals surface area contributed by atoms with Crippen LogP contribution >= 0.6 is 11.8 Å². The molecule has 0 aliphatic carbocycles. The molecule has 0 radical (unpaired) electrons. The Bertz CT molecular complexity index is 915. The molecule has 1 N–H and O–H groups in total. The minimum atomic E-state index is -4.60. The highest BCUT2D eigenvalue weighted by Gasteiger charge is 2.41. The number of carboxylic acid groups (broad SMARTS) is 1. The lowest BCUT2D eigenvalue weighted by atomic mass is 10.2. The van der Waals surface area contributed by atoms with E-state index in [1.54, 1.807) is 0 Å². The van der Waals surface area contributed by atoms with Crippen LogP contribution in [-0.2, 0) is 11.0 Å². The smallest absolute Gasteiger partial charge is 0.416 e. The van der Waals surface area contributed by atoms with Crippen LogP contribution in [0.1, 0.15) is 15.9 Å². The van der Waals surface area contributed by atoms with Gasteiger partial charge in [0.25, 0.3) is 11.1 Å². The number of amides is 2. The van der Waals surface area contributed by atoms with E-state index in [0.29, 0.717) is 22.3 Å². The van der Waals surface area contributed by atoms with Crippen molar-refractivity contribution in [1.82, 2.24) is 0 Å². The number of rotatable bonds is 4. The Morgan fingerprint density at radius 1 is 1.11 bits per heavy atom. The van der Waals surface area contributed by atoms with Crippen LogP contribution in [0.4, 0.5) is 29.3 Å². The Kier molecular flexibility index (Phi) is 4.83. The molecular weight excluding hydrogens is 385 g/mol. The molecular formula is C17H10F3N2O4S-. The summed E-state index contributed by atoms with van der Waals surface area (Å²) < 4.78 is 38.6. The fraction of sp³-hybridized carbons (Fsp3) is 0.118. The summed E-state index contributed by atoms with van der Waals surface area (Å²) in [7, 11) is 0. The lowest BCUT2D eigenvalue weighted by Crippen LogP contribution is -2.34. The largest absolute Gasteiger partial charge is 0.545 e. The standard InChI is InChI=1S/C17H11F3N2O4S/c18-17(19,20)10-2-1-3-12(8-10)22-14(23)13(27-16(22)26)21-11-6-4-9(5-7-11)15(24)25/h1-8,13,21H,(H,24,25)/p-1/t13-/m1/s1. The highest BCUT2D eigenvalue weighted by molar-refractivity contribution is 8.16. The Hall–Kier alpha value is -3.01. The van der Waals surface area contributed by atoms with Crippen LogP contribution in [0.15, 0.2) is 48.5 Å². The first-order chi connectivity index (χ1) is 12.7. The van der Waals surface area contributed by atoms with E-state index < -0.39 is 34.2 Å². The number of carbonyl (C=O) groups excluding carboxylic acids is 3. The molecule has 1 aliphatic heterocycles. The average Bonchev–Trinajstić information content (AvgIpc) is 2.88. The summed E-state index contributed by atoms with van der Waals surface area (Å²) in [4.78, 5) is 36.0. The maximum atomic E-state index is 12.9. The third-order valence-electron chi connectivity index (χ3n) is 3.70. The maximum absolute atomic E-state index is 12.9. The van der Waals surface area contributed by atoms with Gasteiger partial charge in [-0.3, -0.25) is 9.59 Å². The number of halogens is 3. The van der Waals surface area contributed by atoms with Crippen molar-refractivity contribution in [1.29, 1.82) is 0 Å². The van der Waals surface area contributed by atoms with Gasteiger partial charge in [-0.15, -0.1) is 0 Å². The number of nitrogens with one attached hydrogen (secondary N) is 1. The van der Waals surface area contributed by atoms with Crippen molar-refractivity contribution in [2.24, 2.45) is 0 Å². The van der Waals surface area contributed by atoms with Gasteiger partial charge in [0.1, 0.15) is 0 Å². The number of carbonyl (C=O) groups is 3. The molecule has 27 heavy (non-hydrogen) atoms. The number of nitrogens with zero attached hydrogens (tertiary/aromatic N) is 1. The topological polar surface area (TPSA) is 89.5 Å². The van der Waals surface area contributed by atoms with Gasteiger partial charge >= 0.3 is 6.18 Å². The first-order valence-electron chi connectivity index (χ1n) is 7.46. The van der Waals surface area contributed by atoms with Crippen molar-refractivity contribution in [3.05, 3.63) is 59.7 Å². The van der Waals surface area contributed by atoms with Gasteiger partial charge in [0.2, 0.25) is 0 Å². The summed E-state index contributed by atoms with van der Waals surface area (Å²) in [6.07, 6.45) is -4.60. The van der Waals surface area contributed by atoms with E-state index in [0.717, 1.165) is 18.2 Å². The molecule has 0 unspecified atom stereocenters. The quantitative estimate of drug-likeness (QED) is 0.856. The second-order valence-electron chi connectivity index (χ2n) is 5.49. The van der Waals surface area contributed by atoms with Crippen LogP contribution in [0.2, 0.25) is 0 Å². The zero-order valence-electron chi connectivity index (χ0n) is 13.3. The Balaban J connectivity index is 1.80. The number of aromatic carboxylic acids is 1. The monoisotopic (exact) mass is 395 g/mol. The summed E-state index contributed by atoms with van der Waals surface area (Å²) in [5, 5.41) is 11.7. The third kappa shape index (κ3) is 3.90. The van der Waals surface area contributed by atoms with Crippen LogP contribution in [0, 0.1) is 0 Å². The number of hydrogen-bond acceptors (Lipinski definition) is 6. The first kappa shape index (κ1) is 18.8. The Morgan fingerprint density at radius 3 is 2.37 bits per heavy atom. The molecule has 10 heteroatoms. The predicted molar refractivity (Wildman–Crippen MR) is 90.1 cm³/mol. The predicted octanol–water partition coefficient (Wildman–Crippen LogP) is 2.71. The van der Waals surface area contributed by atoms with Gasteiger partial charge < -0.3 is 15.2 Å². The zero-order valence-corrected chi connectivity index (χ0v) is 14.1. The van der Waals surface area contributed by atoms with Gasteiger partial charge in [-0.2, -0.15) is 13.2 Å². The highest BCUT2D eigenvalue weighted by Crippen LogP contribution is 2.36. The minimum Gasteiger partial charge on any atom is -0.545 e. The average molecular weight is 395 g/mol. The van der Waals surface area contributed by atoms with Crippen molar-refractivity contribution < 1.29 is 32.7 Å². The van der Waals surface area contributed by atoms with Gasteiger partial charge in [-0.1, -0.05) is 18.2 Å². The summed E-state index contributed by atoms with van der Waals surface area (Å²) in [5.41, 5.74) is -0.846. The normalized spacial score (nSPS) is 17.3. The lowest BCUT2D eigenvalue weighted by molar-refractivity contribution is -0.255. The number of alkyl halides is 3. The number of carboxylic acids is 1. The lowest BCUT2D eigenvalue weighted by Gasteiger charge is -2.16. The van der Waals surface area contributed by atoms with Crippen molar-refractivity contribution in [2.45, 2.75) is 11.6 Å². The van der Waals surface area contributed by atoms with Gasteiger partial charge in [0.05, 0.1) is 17.2 Å². The van der Waals surface area contributed by atoms with Crippen LogP contribution in [0.25, 0.3) is 0 Å². The van der Waals surface area contributed by atoms with E-state index in [2.05, 4.69) is 5.32 Å². The van der Waals surface area contributed by atoms with Crippen LogP contribution < -0.4 is 15.3 Å². The molecule has 3 rings (SSSR count). The number of thioether (sulfide) groups is 1. The van der Waals surface area contributed by atoms with E-state index in [1.165, 1.54) is 30.3 Å². The molecule has 1 atom stereocenters. The molecule has 0 spiro atoms. The summed E-state index contributed by atoms with van der Waals surface area (Å²) in [6, 6.07) is 9.21. The molecule has 1 heterocycles. The first-order valence-corrected chi connectivity index (χ1v) is 8.34. The third-order valence-corrected chi connectivity index (χ3v) is 4.64. The molecule has 1 saturated heterocycles. The maximum Gasteiger partial charge on any atom is 0.416 e. The second-order valence-corrected chi connectivity index (χ2v) is 6.55. The number of benzene rings is 2. The van der Waals surface area contributed by atoms with Gasteiger partial charge in [0.15, 0.2) is 5.37 Å². The van der Waals surface area contributed by atoms with Gasteiger partial charge in [-0.05, 0) is 47.7 Å². The van der Waals surface area contributed by atoms with Crippen LogP contribution in [-0.4, -0.2) is 22.5 Å². The molecule has 0 saturated carbocycles. The van der Waals surface area contributed by atoms with E-state index >= 15 is 0 Å². The Morgan fingerprint density at radius 2 is 1.78 bits per heavy atom. The highest BCUT2D eigenvalue weighted by atomic mass is 32.2. The summed E-state index contributed by atoms with van der Waals surface area (Å²) in [6.45, 7) is 0. The van der Waals surface area contributed by atoms with Gasteiger partial charge in [-0.25, -0.2) is 4.90 Å². The minimum absolute atomic E-state index is 0.0624. The molecule has 2 aromatic carbocycles.